The Morgan fingerprint density at radius 2 is 2.00 bits per heavy atom. The maximum atomic E-state index is 12.3. The predicted octanol–water partition coefficient (Wildman–Crippen LogP) is 0.592. The SMILES string of the molecule is CCCN1C(=O)NC(CC(=O)N2CCC(COC)CC2)C1=O. The summed E-state index contributed by atoms with van der Waals surface area (Å²) in [5.41, 5.74) is 0. The van der Waals surface area contributed by atoms with Crippen LogP contribution in [0.4, 0.5) is 4.79 Å². The van der Waals surface area contributed by atoms with Crippen LogP contribution in [0.1, 0.15) is 32.6 Å². The smallest absolute Gasteiger partial charge is 0.324 e. The number of nitrogens with zero attached hydrogens (tertiary/aromatic N) is 2. The van der Waals surface area contributed by atoms with Gasteiger partial charge in [0.15, 0.2) is 0 Å². The molecule has 2 aliphatic heterocycles. The summed E-state index contributed by atoms with van der Waals surface area (Å²) in [5.74, 6) is 0.157. The van der Waals surface area contributed by atoms with Crippen molar-refractivity contribution >= 4 is 17.8 Å². The van der Waals surface area contributed by atoms with Gasteiger partial charge in [0.25, 0.3) is 5.91 Å². The number of piperidine rings is 1. The molecule has 1 unspecified atom stereocenters. The molecule has 0 aromatic rings. The van der Waals surface area contributed by atoms with Crippen LogP contribution in [0.5, 0.6) is 0 Å². The van der Waals surface area contributed by atoms with E-state index in [9.17, 15) is 14.4 Å². The molecule has 0 aliphatic carbocycles. The molecule has 124 valence electrons. The van der Waals surface area contributed by atoms with Crippen molar-refractivity contribution in [3.63, 3.8) is 0 Å². The standard InChI is InChI=1S/C15H25N3O4/c1-3-6-18-14(20)12(16-15(18)21)9-13(19)17-7-4-11(5-8-17)10-22-2/h11-12H,3-10H2,1-2H3,(H,16,21). The van der Waals surface area contributed by atoms with Gasteiger partial charge in [-0.3, -0.25) is 14.5 Å². The highest BCUT2D eigenvalue weighted by Gasteiger charge is 2.39. The molecule has 1 N–H and O–H groups in total. The van der Waals surface area contributed by atoms with Gasteiger partial charge in [0.05, 0.1) is 6.42 Å². The quantitative estimate of drug-likeness (QED) is 0.728. The van der Waals surface area contributed by atoms with E-state index in [1.165, 1.54) is 4.90 Å². The van der Waals surface area contributed by atoms with Gasteiger partial charge in [0.2, 0.25) is 5.91 Å². The molecule has 0 aromatic carbocycles. The maximum Gasteiger partial charge on any atom is 0.324 e. The van der Waals surface area contributed by atoms with Gasteiger partial charge >= 0.3 is 6.03 Å². The van der Waals surface area contributed by atoms with Crippen molar-refractivity contribution in [2.75, 3.05) is 33.4 Å². The Balaban J connectivity index is 1.83. The normalized spacial score (nSPS) is 23.1. The van der Waals surface area contributed by atoms with Crippen LogP contribution in [0.3, 0.4) is 0 Å². The number of amides is 4. The summed E-state index contributed by atoms with van der Waals surface area (Å²) in [4.78, 5) is 39.1. The lowest BCUT2D eigenvalue weighted by Crippen LogP contribution is -2.43. The third-order valence-corrected chi connectivity index (χ3v) is 4.30. The molecule has 22 heavy (non-hydrogen) atoms. The molecule has 0 bridgehead atoms. The van der Waals surface area contributed by atoms with E-state index in [1.807, 2.05) is 6.92 Å². The Morgan fingerprint density at radius 1 is 1.32 bits per heavy atom. The van der Waals surface area contributed by atoms with Crippen molar-refractivity contribution in [2.45, 2.75) is 38.6 Å². The number of likely N-dealkylation sites (tertiary alicyclic amines) is 1. The first-order chi connectivity index (χ1) is 10.6. The molecular weight excluding hydrogens is 286 g/mol. The van der Waals surface area contributed by atoms with Gasteiger partial charge in [-0.2, -0.15) is 0 Å². The molecule has 2 heterocycles. The molecule has 7 nitrogen and oxygen atoms in total. The monoisotopic (exact) mass is 311 g/mol. The van der Waals surface area contributed by atoms with Crippen molar-refractivity contribution < 1.29 is 19.1 Å². The Kier molecular flexibility index (Phi) is 5.76. The van der Waals surface area contributed by atoms with Crippen LogP contribution in [0, 0.1) is 5.92 Å². The Bertz CT molecular complexity index is 433. The predicted molar refractivity (Wildman–Crippen MR) is 80.1 cm³/mol. The van der Waals surface area contributed by atoms with Crippen molar-refractivity contribution in [3.05, 3.63) is 0 Å². The minimum Gasteiger partial charge on any atom is -0.384 e. The average Bonchev–Trinajstić information content (AvgIpc) is 2.76. The topological polar surface area (TPSA) is 79.0 Å². The molecule has 2 saturated heterocycles. The third-order valence-electron chi connectivity index (χ3n) is 4.30. The molecule has 2 rings (SSSR count). The highest BCUT2D eigenvalue weighted by Crippen LogP contribution is 2.19. The van der Waals surface area contributed by atoms with Gasteiger partial charge in [-0.1, -0.05) is 6.92 Å². The van der Waals surface area contributed by atoms with Crippen LogP contribution < -0.4 is 5.32 Å². The first-order valence-corrected chi connectivity index (χ1v) is 7.95. The highest BCUT2D eigenvalue weighted by molar-refractivity contribution is 6.05. The molecule has 4 amide bonds. The second kappa shape index (κ2) is 7.58. The van der Waals surface area contributed by atoms with E-state index in [2.05, 4.69) is 5.32 Å². The Hall–Kier alpha value is -1.63. The molecule has 1 atom stereocenters. The van der Waals surface area contributed by atoms with Crippen LogP contribution in [-0.2, 0) is 14.3 Å². The number of hydrogen-bond acceptors (Lipinski definition) is 4. The molecule has 0 spiro atoms. The summed E-state index contributed by atoms with van der Waals surface area (Å²) in [5, 5.41) is 2.61. The van der Waals surface area contributed by atoms with Crippen molar-refractivity contribution in [3.8, 4) is 0 Å². The lowest BCUT2D eigenvalue weighted by molar-refractivity contribution is -0.136. The lowest BCUT2D eigenvalue weighted by Gasteiger charge is -2.32. The molecule has 0 saturated carbocycles. The second-order valence-electron chi connectivity index (χ2n) is 5.98. The molecule has 2 aliphatic rings. The summed E-state index contributed by atoms with van der Waals surface area (Å²) >= 11 is 0. The summed E-state index contributed by atoms with van der Waals surface area (Å²) in [6.07, 6.45) is 2.62. The fourth-order valence-electron chi connectivity index (χ4n) is 3.04. The van der Waals surface area contributed by atoms with Gasteiger partial charge in [-0.05, 0) is 25.2 Å². The average molecular weight is 311 g/mol. The first kappa shape index (κ1) is 16.7. The van der Waals surface area contributed by atoms with E-state index < -0.39 is 6.04 Å². The highest BCUT2D eigenvalue weighted by atomic mass is 16.5. The second-order valence-corrected chi connectivity index (χ2v) is 5.98. The number of imide groups is 1. The van der Waals surface area contributed by atoms with Crippen LogP contribution in [0.2, 0.25) is 0 Å². The van der Waals surface area contributed by atoms with Gasteiger partial charge in [-0.15, -0.1) is 0 Å². The minimum absolute atomic E-state index is 0.0553. The van der Waals surface area contributed by atoms with Gasteiger partial charge in [0, 0.05) is 33.4 Å². The molecule has 7 heteroatoms. The van der Waals surface area contributed by atoms with E-state index in [0.717, 1.165) is 19.4 Å². The number of nitrogens with one attached hydrogen (secondary N) is 1. The zero-order valence-corrected chi connectivity index (χ0v) is 13.3. The summed E-state index contributed by atoms with van der Waals surface area (Å²) < 4.78 is 5.14. The van der Waals surface area contributed by atoms with E-state index in [0.29, 0.717) is 32.0 Å². The van der Waals surface area contributed by atoms with E-state index >= 15 is 0 Å². The third kappa shape index (κ3) is 3.76. The number of hydrogen-bond donors (Lipinski definition) is 1. The zero-order chi connectivity index (χ0) is 16.1. The number of carbonyl (C=O) groups is 3. The van der Waals surface area contributed by atoms with Crippen molar-refractivity contribution in [1.29, 1.82) is 0 Å². The lowest BCUT2D eigenvalue weighted by atomic mass is 9.97. The first-order valence-electron chi connectivity index (χ1n) is 7.95. The van der Waals surface area contributed by atoms with Crippen molar-refractivity contribution in [2.24, 2.45) is 5.92 Å². The van der Waals surface area contributed by atoms with Gasteiger partial charge in [0.1, 0.15) is 6.04 Å². The number of urea groups is 1. The Morgan fingerprint density at radius 3 is 2.59 bits per heavy atom. The van der Waals surface area contributed by atoms with Gasteiger partial charge in [-0.25, -0.2) is 4.79 Å². The van der Waals surface area contributed by atoms with E-state index in [-0.39, 0.29) is 24.3 Å². The van der Waals surface area contributed by atoms with E-state index in [1.54, 1.807) is 12.0 Å². The summed E-state index contributed by atoms with van der Waals surface area (Å²) in [6.45, 7) is 4.42. The van der Waals surface area contributed by atoms with E-state index in [4.69, 9.17) is 4.74 Å². The summed E-state index contributed by atoms with van der Waals surface area (Å²) in [6, 6.07) is -1.09. The van der Waals surface area contributed by atoms with Crippen LogP contribution in [0.15, 0.2) is 0 Å². The number of carbonyl (C=O) groups excluding carboxylic acids is 3. The number of methoxy groups -OCH3 is 1. The Labute approximate surface area is 131 Å². The molecule has 0 radical (unpaired) electrons. The fourth-order valence-corrected chi connectivity index (χ4v) is 3.04. The summed E-state index contributed by atoms with van der Waals surface area (Å²) in [7, 11) is 1.69. The molecule has 2 fully saturated rings. The number of rotatable bonds is 6. The largest absolute Gasteiger partial charge is 0.384 e. The van der Waals surface area contributed by atoms with Crippen LogP contribution >= 0.6 is 0 Å². The van der Waals surface area contributed by atoms with Crippen LogP contribution in [0.25, 0.3) is 0 Å². The van der Waals surface area contributed by atoms with Crippen LogP contribution in [-0.4, -0.2) is 67.0 Å². The number of ether oxygens (including phenoxy) is 1. The molecule has 0 aromatic heterocycles. The van der Waals surface area contributed by atoms with Gasteiger partial charge < -0.3 is 15.0 Å². The van der Waals surface area contributed by atoms with Crippen molar-refractivity contribution in [1.82, 2.24) is 15.1 Å². The molecular formula is C15H25N3O4. The zero-order valence-electron chi connectivity index (χ0n) is 13.3. The maximum absolute atomic E-state index is 12.3. The minimum atomic E-state index is -0.705. The fraction of sp³-hybridized carbons (Fsp3) is 0.800.